The van der Waals surface area contributed by atoms with E-state index in [1.807, 2.05) is 36.7 Å². The Kier molecular flexibility index (Phi) is 2.46. The SMILES string of the molecule is [c]1c(-c2nccc3ccccc23)ccc2ccncc12. The third kappa shape index (κ3) is 1.74. The van der Waals surface area contributed by atoms with Gasteiger partial charge in [-0.3, -0.25) is 9.97 Å². The molecule has 0 amide bonds. The van der Waals surface area contributed by atoms with Crippen LogP contribution in [0.15, 0.2) is 67.1 Å². The molecule has 2 heteroatoms. The van der Waals surface area contributed by atoms with Gasteiger partial charge in [-0.25, -0.2) is 0 Å². The second-order valence-corrected chi connectivity index (χ2v) is 4.72. The van der Waals surface area contributed by atoms with Crippen LogP contribution in [0.1, 0.15) is 0 Å². The fraction of sp³-hybridized carbons (Fsp3) is 0. The quantitative estimate of drug-likeness (QED) is 0.508. The highest BCUT2D eigenvalue weighted by Crippen LogP contribution is 2.27. The van der Waals surface area contributed by atoms with Crippen molar-refractivity contribution in [2.24, 2.45) is 0 Å². The maximum absolute atomic E-state index is 4.53. The van der Waals surface area contributed by atoms with Crippen LogP contribution < -0.4 is 0 Å². The van der Waals surface area contributed by atoms with Crippen molar-refractivity contribution in [2.75, 3.05) is 0 Å². The zero-order valence-electron chi connectivity index (χ0n) is 10.7. The molecule has 0 atom stereocenters. The van der Waals surface area contributed by atoms with Crippen LogP contribution in [0.25, 0.3) is 32.8 Å². The van der Waals surface area contributed by atoms with Crippen LogP contribution in [0, 0.1) is 6.07 Å². The zero-order chi connectivity index (χ0) is 13.4. The standard InChI is InChI=1S/C18H11N2/c1-2-4-17-14(3-1)8-10-20-18(17)15-6-5-13-7-9-19-12-16(13)11-15/h1-10,12H. The van der Waals surface area contributed by atoms with Gasteiger partial charge in [0.05, 0.1) is 5.69 Å². The third-order valence-corrected chi connectivity index (χ3v) is 3.48. The summed E-state index contributed by atoms with van der Waals surface area (Å²) in [5.41, 5.74) is 1.97. The number of nitrogens with zero attached hydrogens (tertiary/aromatic N) is 2. The van der Waals surface area contributed by atoms with E-state index < -0.39 is 0 Å². The highest BCUT2D eigenvalue weighted by atomic mass is 14.7. The average molecular weight is 255 g/mol. The molecule has 0 N–H and O–H groups in total. The highest BCUT2D eigenvalue weighted by molar-refractivity contribution is 5.96. The fourth-order valence-corrected chi connectivity index (χ4v) is 2.49. The first-order valence-electron chi connectivity index (χ1n) is 6.52. The monoisotopic (exact) mass is 255 g/mol. The molecule has 93 valence electrons. The molecule has 0 saturated heterocycles. The van der Waals surface area contributed by atoms with E-state index in [0.29, 0.717) is 0 Å². The molecule has 0 fully saturated rings. The molecule has 4 aromatic rings. The number of hydrogen-bond acceptors (Lipinski definition) is 2. The summed E-state index contributed by atoms with van der Waals surface area (Å²) in [6.07, 6.45) is 5.48. The van der Waals surface area contributed by atoms with Crippen molar-refractivity contribution in [2.45, 2.75) is 0 Å². The van der Waals surface area contributed by atoms with E-state index in [0.717, 1.165) is 27.4 Å². The van der Waals surface area contributed by atoms with Crippen LogP contribution in [0.3, 0.4) is 0 Å². The van der Waals surface area contributed by atoms with Crippen LogP contribution in [-0.4, -0.2) is 9.97 Å². The van der Waals surface area contributed by atoms with Crippen molar-refractivity contribution in [3.8, 4) is 11.3 Å². The Morgan fingerprint density at radius 3 is 2.70 bits per heavy atom. The first kappa shape index (κ1) is 11.1. The summed E-state index contributed by atoms with van der Waals surface area (Å²) in [6, 6.07) is 19.9. The van der Waals surface area contributed by atoms with Crippen molar-refractivity contribution >= 4 is 21.5 Å². The van der Waals surface area contributed by atoms with Gasteiger partial charge in [0, 0.05) is 41.0 Å². The van der Waals surface area contributed by atoms with Gasteiger partial charge >= 0.3 is 0 Å². The predicted molar refractivity (Wildman–Crippen MR) is 81.3 cm³/mol. The molecule has 0 aliphatic carbocycles. The van der Waals surface area contributed by atoms with E-state index in [1.165, 1.54) is 5.39 Å². The van der Waals surface area contributed by atoms with Crippen molar-refractivity contribution in [1.82, 2.24) is 9.97 Å². The average Bonchev–Trinajstić information content (AvgIpc) is 2.54. The third-order valence-electron chi connectivity index (χ3n) is 3.48. The minimum atomic E-state index is 0.967. The van der Waals surface area contributed by atoms with Gasteiger partial charge in [0.15, 0.2) is 0 Å². The molecule has 2 aromatic heterocycles. The number of fused-ring (bicyclic) bond motifs is 2. The van der Waals surface area contributed by atoms with E-state index >= 15 is 0 Å². The molecule has 2 nitrogen and oxygen atoms in total. The Hall–Kier alpha value is -2.74. The molecular formula is C18H11N2. The van der Waals surface area contributed by atoms with Gasteiger partial charge in [-0.15, -0.1) is 0 Å². The Balaban J connectivity index is 2.01. The topological polar surface area (TPSA) is 25.8 Å². The molecule has 20 heavy (non-hydrogen) atoms. The van der Waals surface area contributed by atoms with Gasteiger partial charge in [-0.1, -0.05) is 36.4 Å². The van der Waals surface area contributed by atoms with Crippen LogP contribution in [-0.2, 0) is 0 Å². The largest absolute Gasteiger partial charge is 0.264 e. The molecule has 1 radical (unpaired) electrons. The van der Waals surface area contributed by atoms with Gasteiger partial charge in [-0.2, -0.15) is 0 Å². The Morgan fingerprint density at radius 1 is 0.800 bits per heavy atom. The fourth-order valence-electron chi connectivity index (χ4n) is 2.49. The Labute approximate surface area is 116 Å². The summed E-state index contributed by atoms with van der Waals surface area (Å²) in [5, 5.41) is 4.50. The van der Waals surface area contributed by atoms with Crippen LogP contribution in [0.5, 0.6) is 0 Å². The van der Waals surface area contributed by atoms with Crippen molar-refractivity contribution in [3.63, 3.8) is 0 Å². The zero-order valence-corrected chi connectivity index (χ0v) is 10.7. The lowest BCUT2D eigenvalue weighted by atomic mass is 10.0. The number of benzene rings is 2. The Morgan fingerprint density at radius 2 is 1.70 bits per heavy atom. The molecule has 0 spiro atoms. The molecule has 2 heterocycles. The molecule has 0 saturated carbocycles. The van der Waals surface area contributed by atoms with Crippen LogP contribution in [0.2, 0.25) is 0 Å². The Bertz CT molecular complexity index is 908. The van der Waals surface area contributed by atoms with E-state index in [-0.39, 0.29) is 0 Å². The van der Waals surface area contributed by atoms with Crippen LogP contribution >= 0.6 is 0 Å². The van der Waals surface area contributed by atoms with Crippen molar-refractivity contribution in [1.29, 1.82) is 0 Å². The highest BCUT2D eigenvalue weighted by Gasteiger charge is 2.06. The molecule has 0 unspecified atom stereocenters. The van der Waals surface area contributed by atoms with Crippen molar-refractivity contribution < 1.29 is 0 Å². The molecule has 4 rings (SSSR count). The first-order valence-corrected chi connectivity index (χ1v) is 6.52. The number of pyridine rings is 2. The summed E-state index contributed by atoms with van der Waals surface area (Å²) in [6.45, 7) is 0. The lowest BCUT2D eigenvalue weighted by Gasteiger charge is -2.06. The van der Waals surface area contributed by atoms with Gasteiger partial charge in [0.25, 0.3) is 0 Å². The van der Waals surface area contributed by atoms with Gasteiger partial charge in [0.1, 0.15) is 0 Å². The second-order valence-electron chi connectivity index (χ2n) is 4.72. The molecule has 0 bridgehead atoms. The molecule has 0 aliphatic rings. The summed E-state index contributed by atoms with van der Waals surface area (Å²) >= 11 is 0. The van der Waals surface area contributed by atoms with Gasteiger partial charge in [0.2, 0.25) is 0 Å². The smallest absolute Gasteiger partial charge is 0.0786 e. The summed E-state index contributed by atoms with van der Waals surface area (Å²) in [5.74, 6) is 0. The van der Waals surface area contributed by atoms with Gasteiger partial charge in [-0.05, 0) is 22.9 Å². The van der Waals surface area contributed by atoms with Gasteiger partial charge < -0.3 is 0 Å². The number of hydrogen-bond donors (Lipinski definition) is 0. The van der Waals surface area contributed by atoms with E-state index in [2.05, 4.69) is 40.3 Å². The van der Waals surface area contributed by atoms with E-state index in [1.54, 1.807) is 6.20 Å². The minimum absolute atomic E-state index is 0.967. The lowest BCUT2D eigenvalue weighted by molar-refractivity contribution is 1.35. The first-order chi connectivity index (χ1) is 9.92. The lowest BCUT2D eigenvalue weighted by Crippen LogP contribution is -1.86. The molecule has 0 aliphatic heterocycles. The van der Waals surface area contributed by atoms with E-state index in [4.69, 9.17) is 0 Å². The summed E-state index contributed by atoms with van der Waals surface area (Å²) in [7, 11) is 0. The second kappa shape index (κ2) is 4.42. The normalized spacial score (nSPS) is 11.0. The maximum atomic E-state index is 4.53. The number of aromatic nitrogens is 2. The summed E-state index contributed by atoms with van der Waals surface area (Å²) < 4.78 is 0. The van der Waals surface area contributed by atoms with Crippen molar-refractivity contribution in [3.05, 3.63) is 73.2 Å². The van der Waals surface area contributed by atoms with Crippen LogP contribution in [0.4, 0.5) is 0 Å². The predicted octanol–water partition coefficient (Wildman–Crippen LogP) is 4.25. The minimum Gasteiger partial charge on any atom is -0.264 e. The van der Waals surface area contributed by atoms with E-state index in [9.17, 15) is 0 Å². The molecule has 2 aromatic carbocycles. The number of rotatable bonds is 1. The maximum Gasteiger partial charge on any atom is 0.0786 e. The molecular weight excluding hydrogens is 244 g/mol. The summed E-state index contributed by atoms with van der Waals surface area (Å²) in [4.78, 5) is 8.69.